The fraction of sp³-hybridized carbons (Fsp3) is 0.440. The third-order valence-corrected chi connectivity index (χ3v) is 4.68. The van der Waals surface area contributed by atoms with E-state index in [2.05, 4.69) is 12.2 Å². The molecule has 7 heteroatoms. The first-order chi connectivity index (χ1) is 15.6. The predicted molar refractivity (Wildman–Crippen MR) is 123 cm³/mol. The Balaban J connectivity index is 1.62. The van der Waals surface area contributed by atoms with Crippen LogP contribution in [0.5, 0.6) is 5.75 Å². The van der Waals surface area contributed by atoms with Crippen molar-refractivity contribution in [1.82, 2.24) is 0 Å². The van der Waals surface area contributed by atoms with E-state index in [4.69, 9.17) is 18.9 Å². The first-order valence-corrected chi connectivity index (χ1v) is 11.1. The highest BCUT2D eigenvalue weighted by molar-refractivity contribution is 5.94. The molecule has 0 bridgehead atoms. The van der Waals surface area contributed by atoms with Crippen LogP contribution in [0.4, 0.5) is 5.69 Å². The van der Waals surface area contributed by atoms with Gasteiger partial charge in [0.05, 0.1) is 30.9 Å². The van der Waals surface area contributed by atoms with Gasteiger partial charge in [0.1, 0.15) is 12.4 Å². The third kappa shape index (κ3) is 9.49. The molecule has 0 aliphatic carbocycles. The van der Waals surface area contributed by atoms with Crippen LogP contribution < -0.4 is 10.1 Å². The molecule has 2 aromatic rings. The summed E-state index contributed by atoms with van der Waals surface area (Å²) in [5.74, 6) is -0.522. The van der Waals surface area contributed by atoms with Crippen molar-refractivity contribution in [1.29, 1.82) is 0 Å². The summed E-state index contributed by atoms with van der Waals surface area (Å²) in [7, 11) is 1.81. The standard InChI is InChI=1S/C25H33NO6/c1-3-4-5-6-15-29-16-17-30-18-19-31-24(27)20-7-9-21(10-8-20)25(28)32-23-13-11-22(26-2)12-14-23/h7-14,26H,3-6,15-19H2,1-2H3. The second kappa shape index (κ2) is 15.0. The molecule has 0 aromatic heterocycles. The zero-order valence-electron chi connectivity index (χ0n) is 18.9. The number of carbonyl (C=O) groups excluding carboxylic acids is 2. The van der Waals surface area contributed by atoms with Crippen molar-refractivity contribution < 1.29 is 28.5 Å². The molecule has 2 rings (SSSR count). The molecule has 0 spiro atoms. The molecular weight excluding hydrogens is 410 g/mol. The lowest BCUT2D eigenvalue weighted by Crippen LogP contribution is -2.13. The number of nitrogens with one attached hydrogen (secondary N) is 1. The quantitative estimate of drug-likeness (QED) is 0.242. The van der Waals surface area contributed by atoms with E-state index in [1.807, 2.05) is 19.2 Å². The molecule has 0 heterocycles. The summed E-state index contributed by atoms with van der Waals surface area (Å²) in [5.41, 5.74) is 1.62. The fourth-order valence-corrected chi connectivity index (χ4v) is 2.83. The van der Waals surface area contributed by atoms with E-state index in [1.165, 1.54) is 43.5 Å². The van der Waals surface area contributed by atoms with Crippen LogP contribution in [0.25, 0.3) is 0 Å². The van der Waals surface area contributed by atoms with Crippen molar-refractivity contribution in [3.63, 3.8) is 0 Å². The number of unbranched alkanes of at least 4 members (excludes halogenated alkanes) is 3. The Labute approximate surface area is 190 Å². The highest BCUT2D eigenvalue weighted by Gasteiger charge is 2.12. The Morgan fingerprint density at radius 1 is 0.719 bits per heavy atom. The smallest absolute Gasteiger partial charge is 0.343 e. The molecule has 1 N–H and O–H groups in total. The number of ether oxygens (including phenoxy) is 4. The minimum absolute atomic E-state index is 0.155. The van der Waals surface area contributed by atoms with E-state index in [1.54, 1.807) is 12.1 Å². The number of hydrogen-bond acceptors (Lipinski definition) is 7. The fourth-order valence-electron chi connectivity index (χ4n) is 2.83. The molecule has 174 valence electrons. The minimum Gasteiger partial charge on any atom is -0.460 e. The van der Waals surface area contributed by atoms with Gasteiger partial charge in [-0.1, -0.05) is 26.2 Å². The van der Waals surface area contributed by atoms with Crippen LogP contribution in [-0.4, -0.2) is 52.0 Å². The zero-order chi connectivity index (χ0) is 23.0. The van der Waals surface area contributed by atoms with Gasteiger partial charge in [0.2, 0.25) is 0 Å². The van der Waals surface area contributed by atoms with Crippen LogP contribution in [0.15, 0.2) is 48.5 Å². The van der Waals surface area contributed by atoms with Crippen LogP contribution in [-0.2, 0) is 14.2 Å². The van der Waals surface area contributed by atoms with Gasteiger partial charge in [-0.2, -0.15) is 0 Å². The molecule has 0 aliphatic heterocycles. The molecule has 32 heavy (non-hydrogen) atoms. The van der Waals surface area contributed by atoms with Crippen molar-refractivity contribution >= 4 is 17.6 Å². The zero-order valence-corrected chi connectivity index (χ0v) is 18.9. The Bertz CT molecular complexity index is 804. The summed E-state index contributed by atoms with van der Waals surface area (Å²) in [4.78, 5) is 24.4. The van der Waals surface area contributed by atoms with Crippen molar-refractivity contribution in [2.24, 2.45) is 0 Å². The maximum absolute atomic E-state index is 12.3. The van der Waals surface area contributed by atoms with Crippen LogP contribution >= 0.6 is 0 Å². The summed E-state index contributed by atoms with van der Waals surface area (Å²) < 4.78 is 21.4. The summed E-state index contributed by atoms with van der Waals surface area (Å²) in [6.45, 7) is 4.41. The first-order valence-electron chi connectivity index (χ1n) is 11.1. The molecule has 0 amide bonds. The van der Waals surface area contributed by atoms with Crippen molar-refractivity contribution in [3.05, 3.63) is 59.7 Å². The molecule has 0 radical (unpaired) electrons. The molecule has 0 aliphatic rings. The molecule has 2 aromatic carbocycles. The van der Waals surface area contributed by atoms with E-state index >= 15 is 0 Å². The second-order valence-corrected chi connectivity index (χ2v) is 7.16. The average Bonchev–Trinajstić information content (AvgIpc) is 2.83. The molecule has 0 unspecified atom stereocenters. The van der Waals surface area contributed by atoms with Gasteiger partial charge in [-0.05, 0) is 55.0 Å². The number of carbonyl (C=O) groups is 2. The lowest BCUT2D eigenvalue weighted by molar-refractivity contribution is 0.0141. The molecule has 0 saturated heterocycles. The number of esters is 2. The van der Waals surface area contributed by atoms with E-state index in [0.717, 1.165) is 18.7 Å². The predicted octanol–water partition coefficient (Wildman–Crippen LogP) is 4.72. The van der Waals surface area contributed by atoms with Gasteiger partial charge in [0.25, 0.3) is 0 Å². The van der Waals surface area contributed by atoms with Gasteiger partial charge >= 0.3 is 11.9 Å². The molecular formula is C25H33NO6. The topological polar surface area (TPSA) is 83.1 Å². The number of hydrogen-bond donors (Lipinski definition) is 1. The highest BCUT2D eigenvalue weighted by Crippen LogP contribution is 2.17. The van der Waals surface area contributed by atoms with Gasteiger partial charge in [-0.3, -0.25) is 0 Å². The minimum atomic E-state index is -0.497. The van der Waals surface area contributed by atoms with Crippen molar-refractivity contribution in [2.75, 3.05) is 45.4 Å². The van der Waals surface area contributed by atoms with E-state index < -0.39 is 11.9 Å². The highest BCUT2D eigenvalue weighted by atomic mass is 16.6. The van der Waals surface area contributed by atoms with E-state index in [9.17, 15) is 9.59 Å². The molecule has 0 fully saturated rings. The number of benzene rings is 2. The molecule has 7 nitrogen and oxygen atoms in total. The monoisotopic (exact) mass is 443 g/mol. The lowest BCUT2D eigenvalue weighted by atomic mass is 10.1. The van der Waals surface area contributed by atoms with Crippen LogP contribution in [0.1, 0.15) is 53.3 Å². The SMILES string of the molecule is CCCCCCOCCOCCOC(=O)c1ccc(C(=O)Oc2ccc(NC)cc2)cc1. The maximum Gasteiger partial charge on any atom is 0.343 e. The average molecular weight is 444 g/mol. The Morgan fingerprint density at radius 3 is 1.94 bits per heavy atom. The summed E-state index contributed by atoms with van der Waals surface area (Å²) in [6, 6.07) is 13.2. The largest absolute Gasteiger partial charge is 0.460 e. The van der Waals surface area contributed by atoms with Crippen LogP contribution in [0, 0.1) is 0 Å². The summed E-state index contributed by atoms with van der Waals surface area (Å²) >= 11 is 0. The number of rotatable bonds is 15. The molecule has 0 saturated carbocycles. The Hall–Kier alpha value is -2.90. The third-order valence-electron chi connectivity index (χ3n) is 4.68. The second-order valence-electron chi connectivity index (χ2n) is 7.16. The van der Waals surface area contributed by atoms with Crippen molar-refractivity contribution in [2.45, 2.75) is 32.6 Å². The van der Waals surface area contributed by atoms with E-state index in [0.29, 0.717) is 36.7 Å². The van der Waals surface area contributed by atoms with Gasteiger partial charge in [0, 0.05) is 19.3 Å². The summed E-state index contributed by atoms with van der Waals surface area (Å²) in [6.07, 6.45) is 4.72. The normalized spacial score (nSPS) is 10.6. The number of anilines is 1. The molecule has 0 atom stereocenters. The van der Waals surface area contributed by atoms with Crippen LogP contribution in [0.2, 0.25) is 0 Å². The Kier molecular flexibility index (Phi) is 11.9. The van der Waals surface area contributed by atoms with Gasteiger partial charge < -0.3 is 24.3 Å². The van der Waals surface area contributed by atoms with E-state index in [-0.39, 0.29) is 6.61 Å². The van der Waals surface area contributed by atoms with Gasteiger partial charge in [-0.25, -0.2) is 9.59 Å². The maximum atomic E-state index is 12.3. The Morgan fingerprint density at radius 2 is 1.31 bits per heavy atom. The van der Waals surface area contributed by atoms with Gasteiger partial charge in [-0.15, -0.1) is 0 Å². The lowest BCUT2D eigenvalue weighted by Gasteiger charge is -2.08. The first kappa shape index (κ1) is 25.4. The van der Waals surface area contributed by atoms with Crippen molar-refractivity contribution in [3.8, 4) is 5.75 Å². The van der Waals surface area contributed by atoms with Gasteiger partial charge in [0.15, 0.2) is 0 Å². The summed E-state index contributed by atoms with van der Waals surface area (Å²) in [5, 5.41) is 3.00. The van der Waals surface area contributed by atoms with Crippen LogP contribution in [0.3, 0.4) is 0 Å².